The highest BCUT2D eigenvalue weighted by Crippen LogP contribution is 2.23. The molecule has 0 aromatic carbocycles. The monoisotopic (exact) mass is 190 g/mol. The van der Waals surface area contributed by atoms with Gasteiger partial charge in [-0.1, -0.05) is 6.92 Å². The predicted molar refractivity (Wildman–Crippen MR) is 44.5 cm³/mol. The lowest BCUT2D eigenvalue weighted by Crippen LogP contribution is -2.43. The minimum absolute atomic E-state index is 0.0116. The van der Waals surface area contributed by atoms with Gasteiger partial charge in [0.25, 0.3) is 0 Å². The van der Waals surface area contributed by atoms with Crippen LogP contribution in [0, 0.1) is 5.41 Å². The largest absolute Gasteiger partial charge is 0.480 e. The SMILES string of the molecule is CCOCC(CC)(C(=O)O)C(=O)O. The Morgan fingerprint density at radius 2 is 1.69 bits per heavy atom. The van der Waals surface area contributed by atoms with Crippen LogP contribution in [-0.2, 0) is 14.3 Å². The van der Waals surface area contributed by atoms with Crippen LogP contribution in [0.15, 0.2) is 0 Å². The minimum atomic E-state index is -1.80. The number of hydrogen-bond donors (Lipinski definition) is 2. The van der Waals surface area contributed by atoms with E-state index in [0.717, 1.165) is 0 Å². The van der Waals surface area contributed by atoms with Crippen LogP contribution in [0.2, 0.25) is 0 Å². The summed E-state index contributed by atoms with van der Waals surface area (Å²) in [6, 6.07) is 0. The number of hydrogen-bond acceptors (Lipinski definition) is 3. The van der Waals surface area contributed by atoms with Crippen LogP contribution in [0.5, 0.6) is 0 Å². The molecule has 0 aliphatic heterocycles. The van der Waals surface area contributed by atoms with Gasteiger partial charge in [-0.2, -0.15) is 0 Å². The van der Waals surface area contributed by atoms with Crippen LogP contribution >= 0.6 is 0 Å². The predicted octanol–water partition coefficient (Wildman–Crippen LogP) is 0.589. The topological polar surface area (TPSA) is 83.8 Å². The van der Waals surface area contributed by atoms with Crippen LogP contribution in [0.4, 0.5) is 0 Å². The Bertz CT molecular complexity index is 185. The molecule has 76 valence electrons. The fraction of sp³-hybridized carbons (Fsp3) is 0.750. The standard InChI is InChI=1S/C8H14O5/c1-3-8(6(9)10,7(11)12)5-13-4-2/h3-5H2,1-2H3,(H,9,10)(H,11,12). The maximum Gasteiger partial charge on any atom is 0.323 e. The van der Waals surface area contributed by atoms with Crippen LogP contribution in [0.1, 0.15) is 20.3 Å². The molecule has 0 aliphatic rings. The molecule has 0 radical (unpaired) electrons. The van der Waals surface area contributed by atoms with Gasteiger partial charge in [-0.25, -0.2) is 0 Å². The van der Waals surface area contributed by atoms with Crippen LogP contribution in [0.3, 0.4) is 0 Å². The van der Waals surface area contributed by atoms with Crippen molar-refractivity contribution in [3.05, 3.63) is 0 Å². The summed E-state index contributed by atoms with van der Waals surface area (Å²) in [5, 5.41) is 17.5. The smallest absolute Gasteiger partial charge is 0.323 e. The van der Waals surface area contributed by atoms with Gasteiger partial charge >= 0.3 is 11.9 Å². The van der Waals surface area contributed by atoms with Gasteiger partial charge in [0.15, 0.2) is 5.41 Å². The van der Waals surface area contributed by atoms with E-state index in [0.29, 0.717) is 6.61 Å². The Labute approximate surface area is 76.3 Å². The second-order valence-electron chi connectivity index (χ2n) is 2.68. The molecule has 0 unspecified atom stereocenters. The highest BCUT2D eigenvalue weighted by atomic mass is 16.5. The first-order valence-electron chi connectivity index (χ1n) is 4.05. The van der Waals surface area contributed by atoms with Gasteiger partial charge < -0.3 is 14.9 Å². The van der Waals surface area contributed by atoms with Gasteiger partial charge in [0.05, 0.1) is 6.61 Å². The van der Waals surface area contributed by atoms with Gasteiger partial charge in [-0.15, -0.1) is 0 Å². The molecule has 0 aromatic heterocycles. The van der Waals surface area contributed by atoms with Crippen molar-refractivity contribution in [2.24, 2.45) is 5.41 Å². The number of ether oxygens (including phenoxy) is 1. The summed E-state index contributed by atoms with van der Waals surface area (Å²) in [4.78, 5) is 21.5. The highest BCUT2D eigenvalue weighted by Gasteiger charge is 2.45. The summed E-state index contributed by atoms with van der Waals surface area (Å²) in [7, 11) is 0. The van der Waals surface area contributed by atoms with E-state index in [1.165, 1.54) is 6.92 Å². The molecule has 0 heterocycles. The average Bonchev–Trinajstić information content (AvgIpc) is 2.05. The Morgan fingerprint density at radius 1 is 1.23 bits per heavy atom. The van der Waals surface area contributed by atoms with E-state index in [-0.39, 0.29) is 13.0 Å². The summed E-state index contributed by atoms with van der Waals surface area (Å²) < 4.78 is 4.85. The molecule has 0 aliphatic carbocycles. The zero-order valence-corrected chi connectivity index (χ0v) is 7.74. The molecule has 0 atom stereocenters. The lowest BCUT2D eigenvalue weighted by atomic mass is 9.86. The zero-order chi connectivity index (χ0) is 10.5. The summed E-state index contributed by atoms with van der Waals surface area (Å²) in [6.07, 6.45) is 0.0116. The summed E-state index contributed by atoms with van der Waals surface area (Å²) >= 11 is 0. The molecule has 0 saturated carbocycles. The lowest BCUT2D eigenvalue weighted by molar-refractivity contribution is -0.169. The Balaban J connectivity index is 4.66. The van der Waals surface area contributed by atoms with Gasteiger partial charge in [0, 0.05) is 6.61 Å². The first kappa shape index (κ1) is 11.9. The molecule has 0 saturated heterocycles. The van der Waals surface area contributed by atoms with E-state index in [1.807, 2.05) is 0 Å². The third-order valence-corrected chi connectivity index (χ3v) is 1.97. The number of aliphatic carboxylic acids is 2. The van der Waals surface area contributed by atoms with E-state index in [4.69, 9.17) is 14.9 Å². The normalized spacial score (nSPS) is 11.2. The summed E-state index contributed by atoms with van der Waals surface area (Å²) in [5.74, 6) is -2.70. The Hall–Kier alpha value is -1.10. The van der Waals surface area contributed by atoms with E-state index >= 15 is 0 Å². The van der Waals surface area contributed by atoms with E-state index < -0.39 is 17.4 Å². The Morgan fingerprint density at radius 3 is 1.92 bits per heavy atom. The lowest BCUT2D eigenvalue weighted by Gasteiger charge is -2.22. The molecule has 0 spiro atoms. The number of rotatable bonds is 6. The number of carbonyl (C=O) groups is 2. The van der Waals surface area contributed by atoms with Crippen molar-refractivity contribution in [1.82, 2.24) is 0 Å². The van der Waals surface area contributed by atoms with Gasteiger partial charge in [-0.05, 0) is 13.3 Å². The van der Waals surface area contributed by atoms with Crippen molar-refractivity contribution >= 4 is 11.9 Å². The second kappa shape index (κ2) is 4.81. The summed E-state index contributed by atoms with van der Waals surface area (Å²) in [5.41, 5.74) is -1.80. The average molecular weight is 190 g/mol. The minimum Gasteiger partial charge on any atom is -0.480 e. The van der Waals surface area contributed by atoms with E-state index in [9.17, 15) is 9.59 Å². The molecular formula is C8H14O5. The zero-order valence-electron chi connectivity index (χ0n) is 7.74. The van der Waals surface area contributed by atoms with Crippen LogP contribution in [-0.4, -0.2) is 35.4 Å². The van der Waals surface area contributed by atoms with Crippen molar-refractivity contribution in [2.45, 2.75) is 20.3 Å². The molecular weight excluding hydrogens is 176 g/mol. The molecule has 13 heavy (non-hydrogen) atoms. The van der Waals surface area contributed by atoms with E-state index in [2.05, 4.69) is 0 Å². The molecule has 0 amide bonds. The maximum atomic E-state index is 10.7. The summed E-state index contributed by atoms with van der Waals surface area (Å²) in [6.45, 7) is 3.22. The fourth-order valence-corrected chi connectivity index (χ4v) is 0.896. The molecule has 5 nitrogen and oxygen atoms in total. The van der Waals surface area contributed by atoms with Gasteiger partial charge in [0.2, 0.25) is 0 Å². The van der Waals surface area contributed by atoms with Crippen LogP contribution in [0.25, 0.3) is 0 Å². The van der Waals surface area contributed by atoms with Crippen molar-refractivity contribution in [3.63, 3.8) is 0 Å². The molecule has 5 heteroatoms. The maximum absolute atomic E-state index is 10.7. The molecule has 0 rings (SSSR count). The van der Waals surface area contributed by atoms with Crippen molar-refractivity contribution in [3.8, 4) is 0 Å². The molecule has 0 aromatic rings. The molecule has 0 bridgehead atoms. The molecule has 2 N–H and O–H groups in total. The highest BCUT2D eigenvalue weighted by molar-refractivity contribution is 5.98. The van der Waals surface area contributed by atoms with Crippen LogP contribution < -0.4 is 0 Å². The quantitative estimate of drug-likeness (QED) is 0.599. The van der Waals surface area contributed by atoms with Crippen molar-refractivity contribution in [2.75, 3.05) is 13.2 Å². The first-order chi connectivity index (χ1) is 6.01. The second-order valence-corrected chi connectivity index (χ2v) is 2.68. The molecule has 0 fully saturated rings. The first-order valence-corrected chi connectivity index (χ1v) is 4.05. The third kappa shape index (κ3) is 2.42. The fourth-order valence-electron chi connectivity index (χ4n) is 0.896. The van der Waals surface area contributed by atoms with Crippen molar-refractivity contribution in [1.29, 1.82) is 0 Å². The van der Waals surface area contributed by atoms with E-state index in [1.54, 1.807) is 6.92 Å². The number of carboxylic acid groups (broad SMARTS) is 2. The van der Waals surface area contributed by atoms with Gasteiger partial charge in [0.1, 0.15) is 0 Å². The number of carboxylic acids is 2. The van der Waals surface area contributed by atoms with Crippen molar-refractivity contribution < 1.29 is 24.5 Å². The third-order valence-electron chi connectivity index (χ3n) is 1.97. The Kier molecular flexibility index (Phi) is 4.40. The van der Waals surface area contributed by atoms with Gasteiger partial charge in [-0.3, -0.25) is 9.59 Å².